The Hall–Kier alpha value is -2.41. The molecule has 1 aliphatic carbocycles. The van der Waals surface area contributed by atoms with E-state index in [-0.39, 0.29) is 29.6 Å². The molecule has 0 radical (unpaired) electrons. The minimum absolute atomic E-state index is 0.220. The van der Waals surface area contributed by atoms with Crippen molar-refractivity contribution in [2.45, 2.75) is 51.4 Å². The van der Waals surface area contributed by atoms with Crippen molar-refractivity contribution in [1.29, 1.82) is 0 Å². The van der Waals surface area contributed by atoms with Crippen LogP contribution in [0.5, 0.6) is 0 Å². The predicted molar refractivity (Wildman–Crippen MR) is 94.2 cm³/mol. The van der Waals surface area contributed by atoms with E-state index in [1.165, 1.54) is 0 Å². The van der Waals surface area contributed by atoms with E-state index in [0.717, 1.165) is 0 Å². The summed E-state index contributed by atoms with van der Waals surface area (Å²) < 4.78 is 16.4. The first-order valence-electron chi connectivity index (χ1n) is 9.19. The number of esters is 3. The number of carbonyl (C=O) groups excluding carboxylic acids is 3. The van der Waals surface area contributed by atoms with Crippen molar-refractivity contribution in [1.82, 2.24) is 0 Å². The van der Waals surface area contributed by atoms with Crippen LogP contribution >= 0.6 is 0 Å². The third-order valence-corrected chi connectivity index (χ3v) is 5.39. The summed E-state index contributed by atoms with van der Waals surface area (Å²) in [4.78, 5) is 36.7. The Kier molecular flexibility index (Phi) is 5.51. The summed E-state index contributed by atoms with van der Waals surface area (Å²) in [7, 11) is 0. The van der Waals surface area contributed by atoms with Gasteiger partial charge in [0.15, 0.2) is 0 Å². The van der Waals surface area contributed by atoms with Crippen LogP contribution < -0.4 is 0 Å². The maximum atomic E-state index is 12.4. The maximum absolute atomic E-state index is 12.4. The molecule has 3 aliphatic rings. The molecule has 1 saturated heterocycles. The van der Waals surface area contributed by atoms with Gasteiger partial charge in [0.05, 0.1) is 24.0 Å². The van der Waals surface area contributed by atoms with Crippen LogP contribution in [0.15, 0.2) is 35.5 Å². The van der Waals surface area contributed by atoms with E-state index in [1.807, 2.05) is 6.92 Å². The van der Waals surface area contributed by atoms with Gasteiger partial charge in [0.1, 0.15) is 18.3 Å². The van der Waals surface area contributed by atoms with Gasteiger partial charge in [0, 0.05) is 5.57 Å². The van der Waals surface area contributed by atoms with Crippen molar-refractivity contribution in [3.8, 4) is 0 Å². The van der Waals surface area contributed by atoms with E-state index in [1.54, 1.807) is 19.1 Å². The van der Waals surface area contributed by atoms with Gasteiger partial charge in [-0.15, -0.1) is 0 Å². The average molecular weight is 376 g/mol. The molecular weight excluding hydrogens is 352 g/mol. The largest absolute Gasteiger partial charge is 0.457 e. The van der Waals surface area contributed by atoms with Gasteiger partial charge in [-0.3, -0.25) is 4.79 Å². The quantitative estimate of drug-likeness (QED) is 0.344. The average Bonchev–Trinajstić information content (AvgIpc) is 3.15. The number of fused-ring (bicyclic) bond motifs is 3. The molecule has 0 spiro atoms. The first-order chi connectivity index (χ1) is 12.8. The van der Waals surface area contributed by atoms with E-state index >= 15 is 0 Å². The Morgan fingerprint density at radius 3 is 2.63 bits per heavy atom. The third kappa shape index (κ3) is 3.69. The molecule has 1 N–H and O–H groups in total. The third-order valence-electron chi connectivity index (χ3n) is 5.39. The molecule has 1 fully saturated rings. The molecule has 0 aromatic rings. The van der Waals surface area contributed by atoms with Crippen LogP contribution in [0.2, 0.25) is 0 Å². The van der Waals surface area contributed by atoms with Crippen LogP contribution in [0.4, 0.5) is 0 Å². The minimum atomic E-state index is -0.762. The highest BCUT2D eigenvalue weighted by Gasteiger charge is 2.47. The molecule has 2 heterocycles. The fourth-order valence-electron chi connectivity index (χ4n) is 3.48. The number of aliphatic hydroxyl groups is 1. The molecule has 7 heteroatoms. The highest BCUT2D eigenvalue weighted by atomic mass is 16.6. The number of aliphatic hydroxyl groups excluding tert-OH is 1. The van der Waals surface area contributed by atoms with Gasteiger partial charge >= 0.3 is 17.9 Å². The van der Waals surface area contributed by atoms with Crippen molar-refractivity contribution in [2.24, 2.45) is 11.8 Å². The number of hydrogen-bond acceptors (Lipinski definition) is 7. The van der Waals surface area contributed by atoms with Crippen molar-refractivity contribution in [3.63, 3.8) is 0 Å². The molecule has 0 aromatic carbocycles. The molecule has 0 amide bonds. The number of rotatable bonds is 4. The van der Waals surface area contributed by atoms with E-state index in [2.05, 4.69) is 6.58 Å². The highest BCUT2D eigenvalue weighted by molar-refractivity contribution is 5.94. The van der Waals surface area contributed by atoms with Gasteiger partial charge < -0.3 is 19.3 Å². The van der Waals surface area contributed by atoms with Crippen molar-refractivity contribution in [3.05, 3.63) is 35.5 Å². The standard InChI is InChI=1S/C20H24O7/c1-4-10(2)18(22)25-14-6-5-12(9-21)7-15-17(11(3)19(23)26-15)16-8-13(14)20(24)27-16/h7-8,10,14-17,21H,3-6,9H2,1-2H3/b12-7+/t10-,14-,15+,16+,17-/m0/s1. The molecule has 27 heavy (non-hydrogen) atoms. The molecule has 2 aliphatic heterocycles. The first-order valence-corrected chi connectivity index (χ1v) is 9.19. The van der Waals surface area contributed by atoms with Crippen LogP contribution in [-0.4, -0.2) is 47.9 Å². The molecule has 0 saturated carbocycles. The summed E-state index contributed by atoms with van der Waals surface area (Å²) in [6.45, 7) is 7.19. The Balaban J connectivity index is 1.94. The van der Waals surface area contributed by atoms with Crippen molar-refractivity contribution >= 4 is 17.9 Å². The van der Waals surface area contributed by atoms with E-state index in [4.69, 9.17) is 14.2 Å². The van der Waals surface area contributed by atoms with Gasteiger partial charge in [-0.05, 0) is 37.0 Å². The Bertz CT molecular complexity index is 733. The lowest BCUT2D eigenvalue weighted by Gasteiger charge is -2.22. The van der Waals surface area contributed by atoms with Crippen molar-refractivity contribution < 1.29 is 33.7 Å². The fourth-order valence-corrected chi connectivity index (χ4v) is 3.48. The number of hydrogen-bond donors (Lipinski definition) is 1. The zero-order valence-corrected chi connectivity index (χ0v) is 15.5. The van der Waals surface area contributed by atoms with Crippen LogP contribution in [0.1, 0.15) is 33.1 Å². The van der Waals surface area contributed by atoms with Gasteiger partial charge in [-0.25, -0.2) is 9.59 Å². The summed E-state index contributed by atoms with van der Waals surface area (Å²) in [5, 5.41) is 9.66. The maximum Gasteiger partial charge on any atom is 0.338 e. The summed E-state index contributed by atoms with van der Waals surface area (Å²) >= 11 is 0. The summed E-state index contributed by atoms with van der Waals surface area (Å²) in [6.07, 6.45) is 2.49. The lowest BCUT2D eigenvalue weighted by molar-refractivity contribution is -0.153. The zero-order valence-electron chi connectivity index (χ0n) is 15.5. The first kappa shape index (κ1) is 19.4. The molecule has 3 rings (SSSR count). The van der Waals surface area contributed by atoms with Gasteiger partial charge in [-0.2, -0.15) is 0 Å². The number of carbonyl (C=O) groups is 3. The smallest absolute Gasteiger partial charge is 0.338 e. The highest BCUT2D eigenvalue weighted by Crippen LogP contribution is 2.38. The minimum Gasteiger partial charge on any atom is -0.457 e. The molecule has 5 atom stereocenters. The van der Waals surface area contributed by atoms with Crippen LogP contribution in [0, 0.1) is 11.8 Å². The van der Waals surface area contributed by atoms with Gasteiger partial charge in [-0.1, -0.05) is 20.4 Å². The molecule has 0 aromatic heterocycles. The Morgan fingerprint density at radius 2 is 1.96 bits per heavy atom. The van der Waals surface area contributed by atoms with Gasteiger partial charge in [0.2, 0.25) is 0 Å². The number of ether oxygens (including phenoxy) is 3. The monoisotopic (exact) mass is 376 g/mol. The van der Waals surface area contributed by atoms with Crippen LogP contribution in [-0.2, 0) is 28.6 Å². The Morgan fingerprint density at radius 1 is 1.30 bits per heavy atom. The molecule has 146 valence electrons. The van der Waals surface area contributed by atoms with E-state index < -0.39 is 36.2 Å². The normalized spacial score (nSPS) is 33.2. The molecular formula is C20H24O7. The molecule has 7 nitrogen and oxygen atoms in total. The predicted octanol–water partition coefficient (Wildman–Crippen LogP) is 1.61. The lowest BCUT2D eigenvalue weighted by atomic mass is 9.87. The van der Waals surface area contributed by atoms with Gasteiger partial charge in [0.25, 0.3) is 0 Å². The van der Waals surface area contributed by atoms with Crippen LogP contribution in [0.25, 0.3) is 0 Å². The Labute approximate surface area is 157 Å². The zero-order chi connectivity index (χ0) is 19.7. The lowest BCUT2D eigenvalue weighted by Crippen LogP contribution is -2.28. The molecule has 0 unspecified atom stereocenters. The summed E-state index contributed by atoms with van der Waals surface area (Å²) in [6, 6.07) is 0. The second-order valence-electron chi connectivity index (χ2n) is 7.17. The fraction of sp³-hybridized carbons (Fsp3) is 0.550. The van der Waals surface area contributed by atoms with Crippen molar-refractivity contribution in [2.75, 3.05) is 6.61 Å². The van der Waals surface area contributed by atoms with E-state index in [0.29, 0.717) is 24.8 Å². The second kappa shape index (κ2) is 7.68. The second-order valence-corrected chi connectivity index (χ2v) is 7.17. The van der Waals surface area contributed by atoms with E-state index in [9.17, 15) is 19.5 Å². The topological polar surface area (TPSA) is 99.1 Å². The summed E-state index contributed by atoms with van der Waals surface area (Å²) in [5.74, 6) is -2.35. The SMILES string of the molecule is C=C1C(=O)O[C@@H]2/C=C(/CO)CC[C@H](OC(=O)[C@@H](C)CC)C3=C[C@@H](OC3=O)[C@@H]12. The van der Waals surface area contributed by atoms with Crippen LogP contribution in [0.3, 0.4) is 0 Å². The molecule has 2 bridgehead atoms. The summed E-state index contributed by atoms with van der Waals surface area (Å²) in [5.41, 5.74) is 1.13.